The standard InChI is InChI=1S/C30H36B2FNO4.C19H29BrO3.C18H10Br3N.C14H21Br/c1-27(2)28(3,4)36-31(35-27)21-9-15-24(16-10-21)34(26-19-13-23(33)14-20-26)25-17-11-22(12-18-25)32-37-29(5,6)30(7,8)38-32;1-2-19(15-23-16-19)14-22-12-6-4-3-5-11-21-13-17-7-9-18(20)10-8-17;19-11-1-5-14(6-2-11)22-17-7-3-12(20)9-15(17)16-10-13(21)4-8-18(16)22;1-2-3-4-5-6-7-8-13-9-11-14(15)12-10-13/h9-20H,1-8H3;7-10H,2-6,11-16H2,1H3;1-10H;9-12H,2-8H2,1H3. The maximum absolute atomic E-state index is 13.8. The molecule has 98 heavy (non-hydrogen) atoms. The second kappa shape index (κ2) is 36.1. The summed E-state index contributed by atoms with van der Waals surface area (Å²) in [6.07, 6.45) is 15.4. The van der Waals surface area contributed by atoms with Crippen LogP contribution in [0, 0.1) is 11.2 Å². The van der Waals surface area contributed by atoms with E-state index in [1.807, 2.05) is 104 Å². The fourth-order valence-corrected chi connectivity index (χ4v) is 13.3. The molecule has 8 aromatic carbocycles. The van der Waals surface area contributed by atoms with Crippen molar-refractivity contribution in [3.05, 3.63) is 221 Å². The quantitative estimate of drug-likeness (QED) is 0.0414. The number of aryl methyl sites for hydroxylation is 1. The van der Waals surface area contributed by atoms with Gasteiger partial charge in [0.25, 0.3) is 0 Å². The van der Waals surface area contributed by atoms with Crippen LogP contribution in [0.5, 0.6) is 0 Å². The molecule has 0 N–H and O–H groups in total. The lowest BCUT2D eigenvalue weighted by Crippen LogP contribution is -2.45. The number of halogens is 6. The molecule has 0 atom stereocenters. The molecule has 0 bridgehead atoms. The summed E-state index contributed by atoms with van der Waals surface area (Å²) >= 11 is 17.6. The van der Waals surface area contributed by atoms with Gasteiger partial charge in [-0.15, -0.1) is 0 Å². The fourth-order valence-electron chi connectivity index (χ4n) is 11.8. The average Bonchev–Trinajstić information content (AvgIpc) is 1.61. The molecule has 3 aliphatic heterocycles. The van der Waals surface area contributed by atoms with Crippen LogP contribution in [0.15, 0.2) is 204 Å². The number of hydrogen-bond acceptors (Lipinski definition) is 8. The van der Waals surface area contributed by atoms with Crippen molar-refractivity contribution in [3.8, 4) is 5.69 Å². The van der Waals surface area contributed by atoms with Gasteiger partial charge in [-0.3, -0.25) is 0 Å². The zero-order valence-corrected chi connectivity index (χ0v) is 66.7. The first kappa shape index (κ1) is 77.7. The molecule has 0 amide bonds. The van der Waals surface area contributed by atoms with Crippen LogP contribution >= 0.6 is 79.6 Å². The summed E-state index contributed by atoms with van der Waals surface area (Å²) in [6.45, 7) is 25.9. The molecule has 0 aliphatic carbocycles. The highest BCUT2D eigenvalue weighted by molar-refractivity contribution is 9.11. The number of hydrogen-bond donors (Lipinski definition) is 0. The Hall–Kier alpha value is -4.46. The number of rotatable bonds is 25. The lowest BCUT2D eigenvalue weighted by Gasteiger charge is -2.40. The minimum absolute atomic E-state index is 0.277. The van der Waals surface area contributed by atoms with Gasteiger partial charge in [-0.2, -0.15) is 0 Å². The van der Waals surface area contributed by atoms with Crippen LogP contribution in [0.4, 0.5) is 21.5 Å². The van der Waals surface area contributed by atoms with Crippen molar-refractivity contribution in [2.45, 2.75) is 175 Å². The molecule has 17 heteroatoms. The molecular formula is C81H96B2Br5FN2O7. The molecular weight excluding hydrogens is 1550 g/mol. The third-order valence-corrected chi connectivity index (χ3v) is 22.0. The average molecular weight is 1650 g/mol. The Morgan fingerprint density at radius 2 is 0.827 bits per heavy atom. The van der Waals surface area contributed by atoms with Gasteiger partial charge in [0.2, 0.25) is 0 Å². The van der Waals surface area contributed by atoms with Crippen LogP contribution in [-0.2, 0) is 45.9 Å². The number of ether oxygens (including phenoxy) is 3. The SMILES string of the molecule is Brc1ccc(-n2c3ccc(Br)cc3c3cc(Br)ccc32)cc1.CC1(C)OB(c2ccc(N(c3ccc(F)cc3)c3ccc(B4OC(C)(C)C(C)(C)O4)cc3)cc2)OC1(C)C.CCC1(COCCCCCCOCc2ccc(Br)cc2)COC1.CCCCCCCCc1ccc(Br)cc1. The minimum Gasteiger partial charge on any atom is -0.399 e. The Morgan fingerprint density at radius 3 is 1.26 bits per heavy atom. The van der Waals surface area contributed by atoms with Gasteiger partial charge in [0, 0.05) is 74.5 Å². The predicted octanol–water partition coefficient (Wildman–Crippen LogP) is 23.3. The molecule has 0 radical (unpaired) electrons. The van der Waals surface area contributed by atoms with E-state index < -0.39 is 36.6 Å². The van der Waals surface area contributed by atoms with Gasteiger partial charge >= 0.3 is 14.2 Å². The molecule has 9 nitrogen and oxygen atoms in total. The number of benzene rings is 8. The third-order valence-electron chi connectivity index (χ3n) is 19.4. The summed E-state index contributed by atoms with van der Waals surface area (Å²) in [5.41, 5.74) is 9.56. The van der Waals surface area contributed by atoms with Crippen molar-refractivity contribution >= 4 is 144 Å². The van der Waals surface area contributed by atoms with Crippen LogP contribution in [0.3, 0.4) is 0 Å². The highest BCUT2D eigenvalue weighted by atomic mass is 79.9. The van der Waals surface area contributed by atoms with Crippen molar-refractivity contribution in [2.24, 2.45) is 5.41 Å². The van der Waals surface area contributed by atoms with E-state index >= 15 is 0 Å². The maximum Gasteiger partial charge on any atom is 0.494 e. The summed E-state index contributed by atoms with van der Waals surface area (Å²) in [4.78, 5) is 2.08. The molecule has 3 saturated heterocycles. The molecule has 0 unspecified atom stereocenters. The van der Waals surface area contributed by atoms with Crippen molar-refractivity contribution in [1.29, 1.82) is 0 Å². The molecule has 3 fully saturated rings. The van der Waals surface area contributed by atoms with Crippen LogP contribution in [0.25, 0.3) is 27.5 Å². The molecule has 0 saturated carbocycles. The number of aromatic nitrogens is 1. The van der Waals surface area contributed by atoms with Crippen LogP contribution in [0.1, 0.15) is 151 Å². The monoisotopic (exact) mass is 1640 g/mol. The Labute approximate surface area is 625 Å². The lowest BCUT2D eigenvalue weighted by atomic mass is 9.79. The number of anilines is 3. The summed E-state index contributed by atoms with van der Waals surface area (Å²) in [6, 6.07) is 61.0. The normalized spacial score (nSPS) is 16.2. The van der Waals surface area contributed by atoms with E-state index in [4.69, 9.17) is 32.8 Å². The van der Waals surface area contributed by atoms with Gasteiger partial charge in [0.05, 0.1) is 59.9 Å². The zero-order valence-electron chi connectivity index (χ0n) is 58.7. The van der Waals surface area contributed by atoms with Crippen molar-refractivity contribution in [3.63, 3.8) is 0 Å². The largest absolute Gasteiger partial charge is 0.494 e. The second-order valence-corrected chi connectivity index (χ2v) is 32.5. The first-order valence-corrected chi connectivity index (χ1v) is 38.7. The maximum atomic E-state index is 13.8. The zero-order chi connectivity index (χ0) is 70.1. The van der Waals surface area contributed by atoms with E-state index in [1.54, 1.807) is 12.1 Å². The number of fused-ring (bicyclic) bond motifs is 3. The highest BCUT2D eigenvalue weighted by Gasteiger charge is 2.53. The van der Waals surface area contributed by atoms with Gasteiger partial charge < -0.3 is 42.3 Å². The van der Waals surface area contributed by atoms with Crippen molar-refractivity contribution in [2.75, 3.05) is 37.9 Å². The van der Waals surface area contributed by atoms with Gasteiger partial charge in [-0.05, 0) is 243 Å². The Bertz CT molecular complexity index is 3750. The van der Waals surface area contributed by atoms with E-state index in [9.17, 15) is 4.39 Å². The topological polar surface area (TPSA) is 72.8 Å². The van der Waals surface area contributed by atoms with E-state index in [1.165, 1.54) is 107 Å². The smallest absolute Gasteiger partial charge is 0.399 e. The second-order valence-electron chi connectivity index (χ2n) is 27.9. The predicted molar refractivity (Wildman–Crippen MR) is 424 cm³/mol. The molecule has 9 aromatic rings. The van der Waals surface area contributed by atoms with Crippen molar-refractivity contribution < 1.29 is 37.2 Å². The fraction of sp³-hybridized carbons (Fsp3) is 0.407. The van der Waals surface area contributed by atoms with Crippen LogP contribution in [0.2, 0.25) is 0 Å². The molecule has 4 heterocycles. The van der Waals surface area contributed by atoms with E-state index in [0.717, 1.165) is 104 Å². The van der Waals surface area contributed by atoms with Gasteiger partial charge in [0.1, 0.15) is 5.82 Å². The van der Waals surface area contributed by atoms with E-state index in [0.29, 0.717) is 12.0 Å². The summed E-state index contributed by atoms with van der Waals surface area (Å²) in [5, 5.41) is 2.49. The number of nitrogens with zero attached hydrogens (tertiary/aromatic N) is 2. The van der Waals surface area contributed by atoms with Gasteiger partial charge in [0.15, 0.2) is 0 Å². The Balaban J connectivity index is 0.000000162. The van der Waals surface area contributed by atoms with E-state index in [-0.39, 0.29) is 5.82 Å². The molecule has 1 aromatic heterocycles. The molecule has 520 valence electrons. The summed E-state index contributed by atoms with van der Waals surface area (Å²) in [5.74, 6) is -0.277. The van der Waals surface area contributed by atoms with Crippen LogP contribution < -0.4 is 15.8 Å². The Kier molecular flexibility index (Phi) is 28.6. The van der Waals surface area contributed by atoms with Crippen molar-refractivity contribution in [1.82, 2.24) is 4.57 Å². The molecule has 0 spiro atoms. The highest BCUT2D eigenvalue weighted by Crippen LogP contribution is 2.41. The first-order chi connectivity index (χ1) is 46.9. The summed E-state index contributed by atoms with van der Waals surface area (Å²) in [7, 11) is -0.875. The first-order valence-electron chi connectivity index (χ1n) is 34.7. The number of unbranched alkanes of at least 4 members (excludes halogenated alkanes) is 8. The molecule has 12 rings (SSSR count). The minimum atomic E-state index is -0.437. The summed E-state index contributed by atoms with van der Waals surface area (Å²) < 4.78 is 63.4. The molecule has 3 aliphatic rings. The Morgan fingerprint density at radius 1 is 0.439 bits per heavy atom. The van der Waals surface area contributed by atoms with Crippen LogP contribution in [-0.4, -0.2) is 74.2 Å². The lowest BCUT2D eigenvalue weighted by molar-refractivity contribution is -0.150. The van der Waals surface area contributed by atoms with Gasteiger partial charge in [-0.25, -0.2) is 4.39 Å². The van der Waals surface area contributed by atoms with E-state index in [2.05, 4.69) is 212 Å². The third kappa shape index (κ3) is 21.1. The van der Waals surface area contributed by atoms with Gasteiger partial charge in [-0.1, -0.05) is 187 Å².